The number of nitrogens with zero attached hydrogens (tertiary/aromatic N) is 2. The van der Waals surface area contributed by atoms with E-state index in [1.165, 1.54) is 31.4 Å². The predicted octanol–water partition coefficient (Wildman–Crippen LogP) is 5.01. The van der Waals surface area contributed by atoms with Gasteiger partial charge in [0.05, 0.1) is 12.6 Å². The number of nitrogens with one attached hydrogen (secondary N) is 1. The van der Waals surface area contributed by atoms with E-state index in [1.807, 2.05) is 17.0 Å². The van der Waals surface area contributed by atoms with Crippen molar-refractivity contribution >= 4 is 5.91 Å². The minimum Gasteiger partial charge on any atom is -0.496 e. The second kappa shape index (κ2) is 7.95. The number of aromatic nitrogens is 1. The molecule has 1 amide bonds. The third-order valence-electron chi connectivity index (χ3n) is 7.98. The first-order valence-corrected chi connectivity index (χ1v) is 12.3. The van der Waals surface area contributed by atoms with Crippen LogP contribution >= 0.6 is 0 Å². The molecule has 1 aromatic heterocycles. The molecular formula is C27H37N3O2. The number of hydrogen-bond donors (Lipinski definition) is 1. The first kappa shape index (κ1) is 21.6. The van der Waals surface area contributed by atoms with E-state index >= 15 is 0 Å². The van der Waals surface area contributed by atoms with Crippen molar-refractivity contribution in [1.82, 2.24) is 14.8 Å². The first-order chi connectivity index (χ1) is 15.3. The number of carbonyl (C=O) groups excluding carboxylic acids is 1. The van der Waals surface area contributed by atoms with Crippen LogP contribution in [0, 0.1) is 0 Å². The fourth-order valence-corrected chi connectivity index (χ4v) is 6.25. The van der Waals surface area contributed by atoms with Crippen molar-refractivity contribution < 1.29 is 9.53 Å². The summed E-state index contributed by atoms with van der Waals surface area (Å²) in [4.78, 5) is 15.4. The number of ether oxygens (including phenoxy) is 1. The Labute approximate surface area is 192 Å². The standard InChI is InChI=1S/C27H37N3O2/c1-26(2,3)20-12-11-19(18-23(20)32-4)25(31)29-16-13-27(14-17-29)24-10-7-15-30(24)22-9-6-5-8-21(22)28-27/h7,10-12,15,18,21-22,28H,5-6,8-9,13-14,16-17H2,1-4H3/t21-,22-/m1/s1. The Morgan fingerprint density at radius 2 is 1.88 bits per heavy atom. The second-order valence-electron chi connectivity index (χ2n) is 10.9. The molecule has 0 bridgehead atoms. The van der Waals surface area contributed by atoms with E-state index in [4.69, 9.17) is 4.74 Å². The third-order valence-corrected chi connectivity index (χ3v) is 7.98. The zero-order valence-electron chi connectivity index (χ0n) is 20.0. The molecule has 1 saturated heterocycles. The Balaban J connectivity index is 1.34. The highest BCUT2D eigenvalue weighted by Gasteiger charge is 2.46. The highest BCUT2D eigenvalue weighted by atomic mass is 16.5. The lowest BCUT2D eigenvalue weighted by atomic mass is 9.77. The largest absolute Gasteiger partial charge is 0.496 e. The van der Waals surface area contributed by atoms with Crippen LogP contribution in [0.5, 0.6) is 5.75 Å². The van der Waals surface area contributed by atoms with Crippen LogP contribution in [-0.4, -0.2) is 41.6 Å². The lowest BCUT2D eigenvalue weighted by Gasteiger charge is -2.52. The number of methoxy groups -OCH3 is 1. The van der Waals surface area contributed by atoms with Crippen molar-refractivity contribution in [3.8, 4) is 5.75 Å². The maximum absolute atomic E-state index is 13.4. The van der Waals surface area contributed by atoms with E-state index in [2.05, 4.69) is 55.1 Å². The zero-order valence-corrected chi connectivity index (χ0v) is 20.0. The van der Waals surface area contributed by atoms with Gasteiger partial charge in [-0.2, -0.15) is 0 Å². The van der Waals surface area contributed by atoms with Gasteiger partial charge in [-0.15, -0.1) is 0 Å². The van der Waals surface area contributed by atoms with Crippen molar-refractivity contribution in [2.45, 2.75) is 82.3 Å². The fraction of sp³-hybridized carbons (Fsp3) is 0.593. The molecule has 1 aromatic carbocycles. The molecule has 5 heteroatoms. The average Bonchev–Trinajstić information content (AvgIpc) is 3.30. The van der Waals surface area contributed by atoms with Gasteiger partial charge < -0.3 is 19.5 Å². The molecule has 5 nitrogen and oxygen atoms in total. The van der Waals surface area contributed by atoms with Crippen molar-refractivity contribution in [3.63, 3.8) is 0 Å². The number of hydrogen-bond acceptors (Lipinski definition) is 3. The third kappa shape index (κ3) is 3.55. The fourth-order valence-electron chi connectivity index (χ4n) is 6.25. The van der Waals surface area contributed by atoms with Crippen LogP contribution in [0.2, 0.25) is 0 Å². The molecule has 3 heterocycles. The van der Waals surface area contributed by atoms with Crippen molar-refractivity contribution in [2.75, 3.05) is 20.2 Å². The van der Waals surface area contributed by atoms with E-state index in [0.717, 1.165) is 42.8 Å². The Morgan fingerprint density at radius 3 is 2.59 bits per heavy atom. The summed E-state index contributed by atoms with van der Waals surface area (Å²) >= 11 is 0. The quantitative estimate of drug-likeness (QED) is 0.721. The molecule has 5 rings (SSSR count). The molecule has 1 saturated carbocycles. The summed E-state index contributed by atoms with van der Waals surface area (Å²) in [5.41, 5.74) is 3.24. The zero-order chi connectivity index (χ0) is 22.5. The Hall–Kier alpha value is -2.27. The number of amides is 1. The van der Waals surface area contributed by atoms with Crippen molar-refractivity contribution in [3.05, 3.63) is 53.3 Å². The highest BCUT2D eigenvalue weighted by Crippen LogP contribution is 2.44. The van der Waals surface area contributed by atoms with Gasteiger partial charge in [-0.1, -0.05) is 39.7 Å². The molecule has 2 aliphatic heterocycles. The summed E-state index contributed by atoms with van der Waals surface area (Å²) in [5.74, 6) is 0.910. The molecule has 0 radical (unpaired) electrons. The van der Waals surface area contributed by atoms with E-state index in [0.29, 0.717) is 12.1 Å². The summed E-state index contributed by atoms with van der Waals surface area (Å²) in [6.45, 7) is 8.05. The van der Waals surface area contributed by atoms with Crippen LogP contribution in [0.15, 0.2) is 36.5 Å². The molecule has 172 valence electrons. The van der Waals surface area contributed by atoms with Gasteiger partial charge in [-0.05, 0) is 60.9 Å². The van der Waals surface area contributed by atoms with Crippen LogP contribution in [0.25, 0.3) is 0 Å². The van der Waals surface area contributed by atoms with Crippen molar-refractivity contribution in [1.29, 1.82) is 0 Å². The van der Waals surface area contributed by atoms with Gasteiger partial charge in [0.1, 0.15) is 5.75 Å². The molecule has 1 spiro atoms. The highest BCUT2D eigenvalue weighted by molar-refractivity contribution is 5.95. The number of piperidine rings is 1. The Morgan fingerprint density at radius 1 is 1.12 bits per heavy atom. The smallest absolute Gasteiger partial charge is 0.253 e. The van der Waals surface area contributed by atoms with Crippen LogP contribution in [-0.2, 0) is 11.0 Å². The normalized spacial score (nSPS) is 24.7. The van der Waals surface area contributed by atoms with Crippen LogP contribution in [0.4, 0.5) is 0 Å². The van der Waals surface area contributed by atoms with Gasteiger partial charge in [-0.25, -0.2) is 0 Å². The number of benzene rings is 1. The molecular weight excluding hydrogens is 398 g/mol. The summed E-state index contributed by atoms with van der Waals surface area (Å²) < 4.78 is 8.19. The number of rotatable bonds is 2. The summed E-state index contributed by atoms with van der Waals surface area (Å²) in [5, 5.41) is 4.08. The number of carbonyl (C=O) groups is 1. The lowest BCUT2D eigenvalue weighted by molar-refractivity contribution is 0.0512. The van der Waals surface area contributed by atoms with Gasteiger partial charge in [-0.3, -0.25) is 4.79 Å². The predicted molar refractivity (Wildman–Crippen MR) is 127 cm³/mol. The molecule has 2 atom stereocenters. The summed E-state index contributed by atoms with van der Waals surface area (Å²) in [7, 11) is 1.69. The van der Waals surface area contributed by atoms with E-state index in [1.54, 1.807) is 7.11 Å². The topological polar surface area (TPSA) is 46.5 Å². The van der Waals surface area contributed by atoms with Gasteiger partial charge >= 0.3 is 0 Å². The molecule has 1 aliphatic carbocycles. The SMILES string of the molecule is COc1cc(C(=O)N2CCC3(CC2)N[C@@H]2CCCC[C@H]2n2cccc23)ccc1C(C)(C)C. The summed E-state index contributed by atoms with van der Waals surface area (Å²) in [6.07, 6.45) is 9.37. The maximum atomic E-state index is 13.4. The molecule has 0 unspecified atom stereocenters. The molecule has 32 heavy (non-hydrogen) atoms. The van der Waals surface area contributed by atoms with Gasteiger partial charge in [0.15, 0.2) is 0 Å². The van der Waals surface area contributed by atoms with Crippen LogP contribution in [0.3, 0.4) is 0 Å². The van der Waals surface area contributed by atoms with E-state index in [-0.39, 0.29) is 16.9 Å². The van der Waals surface area contributed by atoms with Crippen LogP contribution < -0.4 is 10.1 Å². The average molecular weight is 436 g/mol. The van der Waals surface area contributed by atoms with Gasteiger partial charge in [0.25, 0.3) is 5.91 Å². The molecule has 1 N–H and O–H groups in total. The van der Waals surface area contributed by atoms with Crippen molar-refractivity contribution in [2.24, 2.45) is 0 Å². The van der Waals surface area contributed by atoms with Gasteiger partial charge in [0.2, 0.25) is 0 Å². The minimum atomic E-state index is -0.0248. The minimum absolute atomic E-state index is 0.00737. The lowest BCUT2D eigenvalue weighted by Crippen LogP contribution is -2.61. The first-order valence-electron chi connectivity index (χ1n) is 12.3. The molecule has 3 aliphatic rings. The molecule has 2 aromatic rings. The summed E-state index contributed by atoms with van der Waals surface area (Å²) in [6, 6.07) is 11.6. The monoisotopic (exact) mass is 435 g/mol. The molecule has 2 fully saturated rings. The maximum Gasteiger partial charge on any atom is 0.253 e. The number of fused-ring (bicyclic) bond motifs is 4. The van der Waals surface area contributed by atoms with E-state index in [9.17, 15) is 4.79 Å². The Kier molecular flexibility index (Phi) is 5.36. The Bertz CT molecular complexity index is 995. The number of likely N-dealkylation sites (tertiary alicyclic amines) is 1. The van der Waals surface area contributed by atoms with Crippen LogP contribution in [0.1, 0.15) is 87.0 Å². The van der Waals surface area contributed by atoms with E-state index < -0.39 is 0 Å². The second-order valence-corrected chi connectivity index (χ2v) is 10.9. The van der Waals surface area contributed by atoms with Gasteiger partial charge in [0, 0.05) is 42.6 Å².